The Hall–Kier alpha value is -0.900. The molecule has 0 spiro atoms. The molecule has 0 saturated carbocycles. The molecule has 5 heteroatoms. The Morgan fingerprint density at radius 3 is 2.48 bits per heavy atom. The van der Waals surface area contributed by atoms with Crippen molar-refractivity contribution in [1.82, 2.24) is 0 Å². The zero-order valence-electron chi connectivity index (χ0n) is 12.5. The van der Waals surface area contributed by atoms with E-state index in [-0.39, 0.29) is 11.6 Å². The van der Waals surface area contributed by atoms with Crippen molar-refractivity contribution < 1.29 is 17.9 Å². The fourth-order valence-corrected chi connectivity index (χ4v) is 2.28. The van der Waals surface area contributed by atoms with Crippen molar-refractivity contribution in [3.8, 4) is 5.75 Å². The number of ether oxygens (including phenoxy) is 1. The lowest BCUT2D eigenvalue weighted by Gasteiger charge is -2.19. The van der Waals surface area contributed by atoms with Crippen LogP contribution in [0.1, 0.15) is 50.7 Å². The van der Waals surface area contributed by atoms with Crippen molar-refractivity contribution in [3.05, 3.63) is 29.3 Å². The van der Waals surface area contributed by atoms with Gasteiger partial charge in [-0.25, -0.2) is 0 Å². The summed E-state index contributed by atoms with van der Waals surface area (Å²) in [6, 6.07) is 4.01. The van der Waals surface area contributed by atoms with Gasteiger partial charge >= 0.3 is 6.18 Å². The van der Waals surface area contributed by atoms with E-state index < -0.39 is 11.7 Å². The van der Waals surface area contributed by atoms with Gasteiger partial charge in [0.2, 0.25) is 0 Å². The zero-order chi connectivity index (χ0) is 15.9. The molecule has 1 aromatic rings. The summed E-state index contributed by atoms with van der Waals surface area (Å²) in [5.74, 6) is 0.238. The topological polar surface area (TPSA) is 9.23 Å². The zero-order valence-corrected chi connectivity index (χ0v) is 13.2. The highest BCUT2D eigenvalue weighted by Crippen LogP contribution is 2.37. The van der Waals surface area contributed by atoms with Gasteiger partial charge in [-0.05, 0) is 30.0 Å². The van der Waals surface area contributed by atoms with Gasteiger partial charge in [0.25, 0.3) is 0 Å². The van der Waals surface area contributed by atoms with Crippen molar-refractivity contribution in [2.75, 3.05) is 6.61 Å². The summed E-state index contributed by atoms with van der Waals surface area (Å²) >= 11 is 5.60. The van der Waals surface area contributed by atoms with E-state index in [9.17, 15) is 13.2 Å². The molecule has 1 rings (SSSR count). The molecule has 0 N–H and O–H groups in total. The van der Waals surface area contributed by atoms with Gasteiger partial charge in [-0.3, -0.25) is 0 Å². The Morgan fingerprint density at radius 1 is 1.24 bits per heavy atom. The molecule has 0 radical (unpaired) electrons. The molecule has 0 fully saturated rings. The lowest BCUT2D eigenvalue weighted by molar-refractivity contribution is -0.139. The third-order valence-electron chi connectivity index (χ3n) is 3.52. The van der Waals surface area contributed by atoms with E-state index in [1.54, 1.807) is 6.07 Å². The highest BCUT2D eigenvalue weighted by atomic mass is 35.5. The summed E-state index contributed by atoms with van der Waals surface area (Å²) in [6.07, 6.45) is -0.397. The molecule has 1 aromatic carbocycles. The van der Waals surface area contributed by atoms with Crippen molar-refractivity contribution in [1.29, 1.82) is 0 Å². The molecule has 120 valence electrons. The minimum Gasteiger partial charge on any atom is -0.493 e. The fraction of sp³-hybridized carbons (Fsp3) is 0.625. The van der Waals surface area contributed by atoms with Crippen molar-refractivity contribution in [3.63, 3.8) is 0 Å². The Kier molecular flexibility index (Phi) is 7.36. The van der Waals surface area contributed by atoms with E-state index in [4.69, 9.17) is 16.3 Å². The Bertz CT molecular complexity index is 432. The second-order valence-corrected chi connectivity index (χ2v) is 5.46. The SMILES string of the molecule is CCCCC(CC)COc1ccc(CCl)cc1C(F)(F)F. The molecule has 0 saturated heterocycles. The van der Waals surface area contributed by atoms with Crippen LogP contribution in [0, 0.1) is 5.92 Å². The van der Waals surface area contributed by atoms with E-state index in [0.717, 1.165) is 31.7 Å². The van der Waals surface area contributed by atoms with Crippen LogP contribution in [0.4, 0.5) is 13.2 Å². The minimum atomic E-state index is -4.43. The molecule has 0 aliphatic carbocycles. The second kappa shape index (κ2) is 8.52. The van der Waals surface area contributed by atoms with Crippen LogP contribution < -0.4 is 4.74 Å². The number of alkyl halides is 4. The predicted molar refractivity (Wildman–Crippen MR) is 79.8 cm³/mol. The molecule has 1 atom stereocenters. The van der Waals surface area contributed by atoms with Gasteiger partial charge in [0.05, 0.1) is 12.2 Å². The highest BCUT2D eigenvalue weighted by molar-refractivity contribution is 6.17. The standard InChI is InChI=1S/C16H22ClF3O/c1-3-5-6-12(4-2)11-21-15-8-7-13(10-17)9-14(15)16(18,19)20/h7-9,12H,3-6,10-11H2,1-2H3. The molecule has 0 heterocycles. The number of rotatable bonds is 8. The highest BCUT2D eigenvalue weighted by Gasteiger charge is 2.34. The van der Waals surface area contributed by atoms with E-state index in [1.807, 2.05) is 6.92 Å². The lowest BCUT2D eigenvalue weighted by atomic mass is 10.0. The molecule has 1 unspecified atom stereocenters. The number of hydrogen-bond acceptors (Lipinski definition) is 1. The summed E-state index contributed by atoms with van der Waals surface area (Å²) < 4.78 is 44.6. The van der Waals surface area contributed by atoms with Crippen LogP contribution in [0.25, 0.3) is 0 Å². The van der Waals surface area contributed by atoms with E-state index in [1.165, 1.54) is 6.07 Å². The second-order valence-electron chi connectivity index (χ2n) is 5.19. The summed E-state index contributed by atoms with van der Waals surface area (Å²) in [7, 11) is 0. The monoisotopic (exact) mass is 322 g/mol. The molecule has 1 nitrogen and oxygen atoms in total. The third kappa shape index (κ3) is 5.77. The van der Waals surface area contributed by atoms with E-state index in [2.05, 4.69) is 6.92 Å². The van der Waals surface area contributed by atoms with Crippen LogP contribution in [0.5, 0.6) is 5.75 Å². The van der Waals surface area contributed by atoms with Gasteiger partial charge < -0.3 is 4.74 Å². The van der Waals surface area contributed by atoms with Crippen LogP contribution in [-0.2, 0) is 12.1 Å². The normalized spacial score (nSPS) is 13.2. The van der Waals surface area contributed by atoms with Crippen molar-refractivity contribution >= 4 is 11.6 Å². The Balaban J connectivity index is 2.82. The van der Waals surface area contributed by atoms with Crippen LogP contribution in [0.3, 0.4) is 0 Å². The maximum absolute atomic E-state index is 13.1. The third-order valence-corrected chi connectivity index (χ3v) is 3.83. The molecular weight excluding hydrogens is 301 g/mol. The van der Waals surface area contributed by atoms with Crippen molar-refractivity contribution in [2.45, 2.75) is 51.6 Å². The fourth-order valence-electron chi connectivity index (χ4n) is 2.11. The quantitative estimate of drug-likeness (QED) is 0.530. The lowest BCUT2D eigenvalue weighted by Crippen LogP contribution is -2.15. The summed E-state index contributed by atoms with van der Waals surface area (Å²) in [5.41, 5.74) is -0.305. The van der Waals surface area contributed by atoms with Crippen LogP contribution in [0.15, 0.2) is 18.2 Å². The molecule has 21 heavy (non-hydrogen) atoms. The molecule has 0 amide bonds. The van der Waals surface area contributed by atoms with Gasteiger partial charge in [-0.2, -0.15) is 13.2 Å². The van der Waals surface area contributed by atoms with Crippen LogP contribution >= 0.6 is 11.6 Å². The van der Waals surface area contributed by atoms with Gasteiger partial charge in [0.15, 0.2) is 0 Å². The first-order chi connectivity index (χ1) is 9.92. The maximum Gasteiger partial charge on any atom is 0.419 e. The number of benzene rings is 1. The average Bonchev–Trinajstić information content (AvgIpc) is 2.46. The van der Waals surface area contributed by atoms with E-state index in [0.29, 0.717) is 18.1 Å². The Labute approximate surface area is 129 Å². The molecule has 0 aliphatic rings. The van der Waals surface area contributed by atoms with Crippen LogP contribution in [0.2, 0.25) is 0 Å². The number of unbranched alkanes of at least 4 members (excludes halogenated alkanes) is 1. The van der Waals surface area contributed by atoms with Gasteiger partial charge in [-0.1, -0.05) is 39.2 Å². The first kappa shape index (κ1) is 18.1. The number of halogens is 4. The van der Waals surface area contributed by atoms with Gasteiger partial charge in [0.1, 0.15) is 5.75 Å². The smallest absolute Gasteiger partial charge is 0.419 e. The first-order valence-corrected chi connectivity index (χ1v) is 7.84. The summed E-state index contributed by atoms with van der Waals surface area (Å²) in [4.78, 5) is 0. The summed E-state index contributed by atoms with van der Waals surface area (Å²) in [6.45, 7) is 4.45. The molecule has 0 aliphatic heterocycles. The average molecular weight is 323 g/mol. The van der Waals surface area contributed by atoms with Crippen molar-refractivity contribution in [2.24, 2.45) is 5.92 Å². The van der Waals surface area contributed by atoms with E-state index >= 15 is 0 Å². The van der Waals surface area contributed by atoms with Gasteiger partial charge in [0, 0.05) is 5.88 Å². The molecule has 0 bridgehead atoms. The van der Waals surface area contributed by atoms with Gasteiger partial charge in [-0.15, -0.1) is 11.6 Å². The Morgan fingerprint density at radius 2 is 1.95 bits per heavy atom. The predicted octanol–water partition coefficient (Wildman–Crippen LogP) is 6.04. The molecular formula is C16H22ClF3O. The molecule has 0 aromatic heterocycles. The number of hydrogen-bond donors (Lipinski definition) is 0. The maximum atomic E-state index is 13.1. The largest absolute Gasteiger partial charge is 0.493 e. The minimum absolute atomic E-state index is 0.0530. The first-order valence-electron chi connectivity index (χ1n) is 7.31. The summed E-state index contributed by atoms with van der Waals surface area (Å²) in [5, 5.41) is 0. The van der Waals surface area contributed by atoms with Crippen LogP contribution in [-0.4, -0.2) is 6.61 Å².